The third-order valence-corrected chi connectivity index (χ3v) is 6.17. The number of ether oxygens (including phenoxy) is 2. The van der Waals surface area contributed by atoms with Gasteiger partial charge in [-0.3, -0.25) is 4.79 Å². The lowest BCUT2D eigenvalue weighted by Crippen LogP contribution is -2.60. The molecule has 0 radical (unpaired) electrons. The highest BCUT2D eigenvalue weighted by Gasteiger charge is 2.44. The third kappa shape index (κ3) is 13.7. The van der Waals surface area contributed by atoms with Crippen molar-refractivity contribution in [3.05, 3.63) is 36.5 Å². The summed E-state index contributed by atoms with van der Waals surface area (Å²) >= 11 is 0. The lowest BCUT2D eigenvalue weighted by molar-refractivity contribution is -0.302. The largest absolute Gasteiger partial charge is 0.394 e. The van der Waals surface area contributed by atoms with Gasteiger partial charge in [-0.25, -0.2) is 0 Å². The Morgan fingerprint density at radius 3 is 2.11 bits per heavy atom. The first kappa shape index (κ1) is 33.4. The molecule has 214 valence electrons. The quantitative estimate of drug-likeness (QED) is 0.111. The summed E-state index contributed by atoms with van der Waals surface area (Å²) < 4.78 is 10.9. The number of amides is 1. The summed E-state index contributed by atoms with van der Waals surface area (Å²) in [4.78, 5) is 12.2. The van der Waals surface area contributed by atoms with Gasteiger partial charge in [0.15, 0.2) is 6.29 Å². The van der Waals surface area contributed by atoms with E-state index in [1.165, 1.54) is 19.3 Å². The summed E-state index contributed by atoms with van der Waals surface area (Å²) in [6.45, 7) is 3.29. The maximum atomic E-state index is 12.2. The van der Waals surface area contributed by atoms with Crippen LogP contribution in [0.15, 0.2) is 36.5 Å². The fourth-order valence-corrected chi connectivity index (χ4v) is 3.87. The van der Waals surface area contributed by atoms with Crippen LogP contribution in [0.25, 0.3) is 0 Å². The van der Waals surface area contributed by atoms with Crippen molar-refractivity contribution < 1.29 is 39.8 Å². The molecule has 6 N–H and O–H groups in total. The van der Waals surface area contributed by atoms with Crippen LogP contribution in [0.5, 0.6) is 0 Å². The van der Waals surface area contributed by atoms with E-state index < -0.39 is 49.5 Å². The van der Waals surface area contributed by atoms with Gasteiger partial charge in [0, 0.05) is 6.42 Å². The second-order valence-electron chi connectivity index (χ2n) is 9.47. The van der Waals surface area contributed by atoms with Crippen LogP contribution < -0.4 is 5.32 Å². The lowest BCUT2D eigenvalue weighted by atomic mass is 9.99. The molecule has 0 saturated carbocycles. The third-order valence-electron chi connectivity index (χ3n) is 6.17. The molecule has 37 heavy (non-hydrogen) atoms. The number of hydrogen-bond donors (Lipinski definition) is 6. The van der Waals surface area contributed by atoms with Crippen LogP contribution in [0.2, 0.25) is 0 Å². The molecular weight excluding hydrogens is 478 g/mol. The number of hydrogen-bond acceptors (Lipinski definition) is 8. The summed E-state index contributed by atoms with van der Waals surface area (Å²) in [5, 5.41) is 52.7. The molecular formula is C28H49NO8. The number of carbonyl (C=O) groups excluding carboxylic acids is 1. The Bertz CT molecular complexity index is 681. The number of rotatable bonds is 19. The van der Waals surface area contributed by atoms with E-state index >= 15 is 0 Å². The van der Waals surface area contributed by atoms with E-state index in [1.54, 1.807) is 6.08 Å². The van der Waals surface area contributed by atoms with Gasteiger partial charge in [-0.2, -0.15) is 0 Å². The van der Waals surface area contributed by atoms with Gasteiger partial charge in [0.05, 0.1) is 25.4 Å². The Balaban J connectivity index is 2.51. The standard InChI is InChI=1S/C28H49NO8/c1-3-5-6-7-8-9-10-11-12-13-14-15-16-18-22(31)21(29-24(32)17-4-2)20-36-28-27(35)26(34)25(33)23(19-30)37-28/h8-9,12-13,16,18,21-23,25-28,30-31,33-35H,3-7,10-11,14-15,17,19-20H2,1-2H3,(H,29,32)/b9-8+,13-12+,18-16+. The minimum atomic E-state index is -1.57. The first-order valence-corrected chi connectivity index (χ1v) is 13.7. The smallest absolute Gasteiger partial charge is 0.220 e. The Hall–Kier alpha value is -1.59. The van der Waals surface area contributed by atoms with Crippen LogP contribution in [-0.4, -0.2) is 87.5 Å². The zero-order valence-corrected chi connectivity index (χ0v) is 22.5. The molecule has 1 saturated heterocycles. The number of carbonyl (C=O) groups is 1. The van der Waals surface area contributed by atoms with E-state index in [1.807, 2.05) is 13.0 Å². The molecule has 0 spiro atoms. The molecule has 9 heteroatoms. The van der Waals surface area contributed by atoms with Crippen LogP contribution in [0.3, 0.4) is 0 Å². The molecule has 1 fully saturated rings. The molecule has 1 amide bonds. The lowest BCUT2D eigenvalue weighted by Gasteiger charge is -2.40. The first-order chi connectivity index (χ1) is 17.8. The maximum Gasteiger partial charge on any atom is 0.220 e. The van der Waals surface area contributed by atoms with Gasteiger partial charge in [-0.1, -0.05) is 63.1 Å². The van der Waals surface area contributed by atoms with E-state index in [4.69, 9.17) is 9.47 Å². The fourth-order valence-electron chi connectivity index (χ4n) is 3.87. The monoisotopic (exact) mass is 527 g/mol. The van der Waals surface area contributed by atoms with Crippen molar-refractivity contribution in [2.45, 2.75) is 121 Å². The van der Waals surface area contributed by atoms with E-state index in [9.17, 15) is 30.3 Å². The van der Waals surface area contributed by atoms with Crippen molar-refractivity contribution in [1.29, 1.82) is 0 Å². The number of aliphatic hydroxyl groups excluding tert-OH is 5. The van der Waals surface area contributed by atoms with Gasteiger partial charge >= 0.3 is 0 Å². The van der Waals surface area contributed by atoms with Crippen LogP contribution in [-0.2, 0) is 14.3 Å². The molecule has 0 aromatic rings. The van der Waals surface area contributed by atoms with Crippen LogP contribution in [0, 0.1) is 0 Å². The second kappa shape index (κ2) is 20.4. The second-order valence-corrected chi connectivity index (χ2v) is 9.47. The van der Waals surface area contributed by atoms with Gasteiger partial charge < -0.3 is 40.3 Å². The van der Waals surface area contributed by atoms with Gasteiger partial charge in [0.1, 0.15) is 24.4 Å². The molecule has 0 aliphatic carbocycles. The molecule has 9 nitrogen and oxygen atoms in total. The topological polar surface area (TPSA) is 149 Å². The first-order valence-electron chi connectivity index (χ1n) is 13.7. The number of unbranched alkanes of at least 4 members (excludes halogenated alkanes) is 5. The summed E-state index contributed by atoms with van der Waals surface area (Å²) in [6, 6.07) is -0.817. The molecule has 0 aromatic heterocycles. The summed E-state index contributed by atoms with van der Waals surface area (Å²) in [5.41, 5.74) is 0. The molecule has 0 bridgehead atoms. The van der Waals surface area contributed by atoms with E-state index in [0.29, 0.717) is 6.42 Å². The molecule has 0 aromatic carbocycles. The van der Waals surface area contributed by atoms with Gasteiger partial charge in [-0.05, 0) is 44.9 Å². The van der Waals surface area contributed by atoms with E-state index in [2.05, 4.69) is 36.5 Å². The van der Waals surface area contributed by atoms with Crippen LogP contribution in [0.4, 0.5) is 0 Å². The minimum Gasteiger partial charge on any atom is -0.394 e. The van der Waals surface area contributed by atoms with Gasteiger partial charge in [-0.15, -0.1) is 0 Å². The fraction of sp³-hybridized carbons (Fsp3) is 0.750. The minimum absolute atomic E-state index is 0.213. The Labute approximate surface area is 221 Å². The molecule has 1 heterocycles. The van der Waals surface area contributed by atoms with Gasteiger partial charge in [0.25, 0.3) is 0 Å². The molecule has 1 rings (SSSR count). The maximum absolute atomic E-state index is 12.2. The average Bonchev–Trinajstić information content (AvgIpc) is 2.88. The zero-order chi connectivity index (χ0) is 27.5. The SMILES string of the molecule is CCCCC/C=C/CC/C=C/CC/C=C/C(O)C(COC1OC(CO)C(O)C(O)C1O)NC(=O)CCC. The normalized spacial score (nSPS) is 26.3. The number of allylic oxidation sites excluding steroid dienone is 5. The van der Waals surface area contributed by atoms with Crippen molar-refractivity contribution in [2.75, 3.05) is 13.2 Å². The van der Waals surface area contributed by atoms with Crippen molar-refractivity contribution in [3.8, 4) is 0 Å². The van der Waals surface area contributed by atoms with Crippen molar-refractivity contribution in [2.24, 2.45) is 0 Å². The van der Waals surface area contributed by atoms with Crippen LogP contribution in [0.1, 0.15) is 78.1 Å². The predicted octanol–water partition coefficient (Wildman–Crippen LogP) is 2.26. The number of aliphatic hydroxyl groups is 5. The predicted molar refractivity (Wildman–Crippen MR) is 143 cm³/mol. The van der Waals surface area contributed by atoms with Crippen molar-refractivity contribution in [1.82, 2.24) is 5.32 Å². The summed E-state index contributed by atoms with van der Waals surface area (Å²) in [5.74, 6) is -0.250. The Morgan fingerprint density at radius 1 is 0.892 bits per heavy atom. The molecule has 1 aliphatic rings. The van der Waals surface area contributed by atoms with E-state index in [-0.39, 0.29) is 18.9 Å². The van der Waals surface area contributed by atoms with Crippen molar-refractivity contribution in [3.63, 3.8) is 0 Å². The average molecular weight is 528 g/mol. The number of nitrogens with one attached hydrogen (secondary N) is 1. The molecule has 1 aliphatic heterocycles. The highest BCUT2D eigenvalue weighted by atomic mass is 16.7. The summed E-state index contributed by atoms with van der Waals surface area (Å²) in [6.07, 6.45) is 13.5. The van der Waals surface area contributed by atoms with Crippen molar-refractivity contribution >= 4 is 5.91 Å². The van der Waals surface area contributed by atoms with E-state index in [0.717, 1.165) is 32.1 Å². The van der Waals surface area contributed by atoms with Crippen LogP contribution >= 0.6 is 0 Å². The zero-order valence-electron chi connectivity index (χ0n) is 22.5. The highest BCUT2D eigenvalue weighted by Crippen LogP contribution is 2.22. The Kier molecular flexibility index (Phi) is 18.4. The molecule has 7 unspecified atom stereocenters. The summed E-state index contributed by atoms with van der Waals surface area (Å²) in [7, 11) is 0. The highest BCUT2D eigenvalue weighted by molar-refractivity contribution is 5.76. The van der Waals surface area contributed by atoms with Gasteiger partial charge in [0.2, 0.25) is 5.91 Å². The Morgan fingerprint density at radius 2 is 1.51 bits per heavy atom. The molecule has 7 atom stereocenters.